The molecule has 18 heavy (non-hydrogen) atoms. The van der Waals surface area contributed by atoms with Crippen LogP contribution >= 0.6 is 22.9 Å². The Hall–Kier alpha value is -1.72. The molecule has 6 heteroatoms. The van der Waals surface area contributed by atoms with E-state index in [2.05, 4.69) is 0 Å². The summed E-state index contributed by atoms with van der Waals surface area (Å²) in [6.45, 7) is 0.437. The molecule has 0 saturated carbocycles. The van der Waals surface area contributed by atoms with Crippen LogP contribution in [0.25, 0.3) is 11.1 Å². The maximum Gasteiger partial charge on any atom is 0.420 e. The molecule has 0 unspecified atom stereocenters. The lowest BCUT2D eigenvalue weighted by Crippen LogP contribution is -2.14. The summed E-state index contributed by atoms with van der Waals surface area (Å²) < 4.78 is 7.41. The first-order valence-corrected chi connectivity index (χ1v) is 6.46. The third-order valence-corrected chi connectivity index (χ3v) is 3.85. The molecule has 0 aliphatic carbocycles. The van der Waals surface area contributed by atoms with Gasteiger partial charge in [0.15, 0.2) is 5.58 Å². The van der Waals surface area contributed by atoms with Gasteiger partial charge in [0.25, 0.3) is 0 Å². The number of benzene rings is 1. The van der Waals surface area contributed by atoms with Crippen molar-refractivity contribution in [2.45, 2.75) is 6.54 Å². The SMILES string of the molecule is Nc1ccc2oc(=O)n(Cc3ccc(Cl)s3)c2c1. The van der Waals surface area contributed by atoms with Crippen LogP contribution in [-0.2, 0) is 6.54 Å². The van der Waals surface area contributed by atoms with Crippen molar-refractivity contribution in [3.05, 3.63) is 50.1 Å². The minimum Gasteiger partial charge on any atom is -0.408 e. The number of nitrogens with two attached hydrogens (primary N) is 1. The summed E-state index contributed by atoms with van der Waals surface area (Å²) in [6.07, 6.45) is 0. The second-order valence-corrected chi connectivity index (χ2v) is 5.69. The third-order valence-electron chi connectivity index (χ3n) is 2.63. The zero-order valence-corrected chi connectivity index (χ0v) is 10.8. The molecule has 0 aliphatic heterocycles. The summed E-state index contributed by atoms with van der Waals surface area (Å²) >= 11 is 7.31. The van der Waals surface area contributed by atoms with E-state index < -0.39 is 0 Å². The van der Waals surface area contributed by atoms with Crippen molar-refractivity contribution in [1.29, 1.82) is 0 Å². The Morgan fingerprint density at radius 3 is 2.89 bits per heavy atom. The molecule has 0 spiro atoms. The van der Waals surface area contributed by atoms with E-state index in [0.29, 0.717) is 27.7 Å². The molecular weight excluding hydrogens is 272 g/mol. The number of thiophene rings is 1. The summed E-state index contributed by atoms with van der Waals surface area (Å²) in [6, 6.07) is 8.84. The van der Waals surface area contributed by atoms with Gasteiger partial charge in [-0.05, 0) is 30.3 Å². The smallest absolute Gasteiger partial charge is 0.408 e. The Labute approximate surface area is 111 Å². The van der Waals surface area contributed by atoms with Crippen molar-refractivity contribution < 1.29 is 4.42 Å². The molecule has 0 bridgehead atoms. The number of rotatable bonds is 2. The van der Waals surface area contributed by atoms with Gasteiger partial charge in [0, 0.05) is 10.6 Å². The van der Waals surface area contributed by atoms with E-state index in [1.807, 2.05) is 12.1 Å². The molecule has 0 fully saturated rings. The summed E-state index contributed by atoms with van der Waals surface area (Å²) in [5.74, 6) is -0.389. The fourth-order valence-electron chi connectivity index (χ4n) is 1.82. The maximum atomic E-state index is 11.8. The van der Waals surface area contributed by atoms with Crippen molar-refractivity contribution in [3.8, 4) is 0 Å². The van der Waals surface area contributed by atoms with Gasteiger partial charge in [-0.2, -0.15) is 0 Å². The lowest BCUT2D eigenvalue weighted by Gasteiger charge is -2.00. The number of aromatic nitrogens is 1. The molecule has 2 N–H and O–H groups in total. The molecular formula is C12H9ClN2O2S. The highest BCUT2D eigenvalue weighted by Crippen LogP contribution is 2.23. The fraction of sp³-hybridized carbons (Fsp3) is 0.0833. The molecule has 4 nitrogen and oxygen atoms in total. The molecule has 92 valence electrons. The Balaban J connectivity index is 2.13. The van der Waals surface area contributed by atoms with Crippen molar-refractivity contribution >= 4 is 39.7 Å². The fourth-order valence-corrected chi connectivity index (χ4v) is 2.90. The van der Waals surface area contributed by atoms with Gasteiger partial charge in [0.05, 0.1) is 16.4 Å². The molecule has 0 aliphatic rings. The quantitative estimate of drug-likeness (QED) is 0.734. The van der Waals surface area contributed by atoms with Gasteiger partial charge in [-0.1, -0.05) is 11.6 Å². The molecule has 0 radical (unpaired) electrons. The molecule has 0 amide bonds. The summed E-state index contributed by atoms with van der Waals surface area (Å²) in [4.78, 5) is 12.8. The molecule has 0 saturated heterocycles. The van der Waals surface area contributed by atoms with Gasteiger partial charge in [-0.15, -0.1) is 11.3 Å². The Kier molecular flexibility index (Phi) is 2.65. The topological polar surface area (TPSA) is 61.2 Å². The van der Waals surface area contributed by atoms with Crippen LogP contribution in [-0.4, -0.2) is 4.57 Å². The average molecular weight is 281 g/mol. The molecule has 1 aromatic carbocycles. The monoisotopic (exact) mass is 280 g/mol. The zero-order valence-electron chi connectivity index (χ0n) is 9.22. The van der Waals surface area contributed by atoms with Crippen LogP contribution in [0.5, 0.6) is 0 Å². The first-order chi connectivity index (χ1) is 8.63. The van der Waals surface area contributed by atoms with Crippen molar-refractivity contribution in [1.82, 2.24) is 4.57 Å². The predicted molar refractivity (Wildman–Crippen MR) is 73.3 cm³/mol. The number of anilines is 1. The number of halogens is 1. The number of hydrogen-bond acceptors (Lipinski definition) is 4. The van der Waals surface area contributed by atoms with Gasteiger partial charge in [-0.3, -0.25) is 4.57 Å². The second kappa shape index (κ2) is 4.19. The number of nitrogen functional groups attached to an aromatic ring is 1. The van der Waals surface area contributed by atoms with E-state index in [1.54, 1.807) is 22.8 Å². The first kappa shape index (κ1) is 11.4. The number of fused-ring (bicyclic) bond motifs is 1. The van der Waals surface area contributed by atoms with Gasteiger partial charge in [0.1, 0.15) is 0 Å². The van der Waals surface area contributed by atoms with Gasteiger partial charge >= 0.3 is 5.76 Å². The normalized spacial score (nSPS) is 11.2. The third kappa shape index (κ3) is 1.91. The number of nitrogens with zero attached hydrogens (tertiary/aromatic N) is 1. The summed E-state index contributed by atoms with van der Waals surface area (Å²) in [7, 11) is 0. The molecule has 2 heterocycles. The lowest BCUT2D eigenvalue weighted by atomic mass is 10.3. The predicted octanol–water partition coefficient (Wildman–Crippen LogP) is 2.94. The van der Waals surface area contributed by atoms with Crippen LogP contribution in [0.4, 0.5) is 5.69 Å². The van der Waals surface area contributed by atoms with Crippen molar-refractivity contribution in [2.24, 2.45) is 0 Å². The largest absolute Gasteiger partial charge is 0.420 e. The van der Waals surface area contributed by atoms with Crippen molar-refractivity contribution in [3.63, 3.8) is 0 Å². The number of oxazole rings is 1. The standard InChI is InChI=1S/C12H9ClN2O2S/c13-11-4-2-8(18-11)6-15-9-5-7(14)1-3-10(9)17-12(15)16/h1-5H,6,14H2. The van der Waals surface area contributed by atoms with E-state index in [-0.39, 0.29) is 5.76 Å². The highest BCUT2D eigenvalue weighted by atomic mass is 35.5. The first-order valence-electron chi connectivity index (χ1n) is 5.26. The number of hydrogen-bond donors (Lipinski definition) is 1. The minimum atomic E-state index is -0.389. The summed E-state index contributed by atoms with van der Waals surface area (Å²) in [5.41, 5.74) is 7.56. The molecule has 2 aromatic heterocycles. The highest BCUT2D eigenvalue weighted by molar-refractivity contribution is 7.16. The molecule has 3 rings (SSSR count). The van der Waals surface area contributed by atoms with E-state index in [1.165, 1.54) is 11.3 Å². The Bertz CT molecular complexity index is 772. The molecule has 0 atom stereocenters. The lowest BCUT2D eigenvalue weighted by molar-refractivity contribution is 0.518. The van der Waals surface area contributed by atoms with Crippen LogP contribution in [0.15, 0.2) is 39.5 Å². The zero-order chi connectivity index (χ0) is 12.7. The minimum absolute atomic E-state index is 0.389. The Morgan fingerprint density at radius 2 is 2.17 bits per heavy atom. The van der Waals surface area contributed by atoms with Gasteiger partial charge in [0.2, 0.25) is 0 Å². The Morgan fingerprint density at radius 1 is 1.33 bits per heavy atom. The van der Waals surface area contributed by atoms with E-state index in [4.69, 9.17) is 21.8 Å². The van der Waals surface area contributed by atoms with Gasteiger partial charge < -0.3 is 10.2 Å². The van der Waals surface area contributed by atoms with Crippen molar-refractivity contribution in [2.75, 3.05) is 5.73 Å². The average Bonchev–Trinajstić information content (AvgIpc) is 2.86. The van der Waals surface area contributed by atoms with Gasteiger partial charge in [-0.25, -0.2) is 4.79 Å². The van der Waals surface area contributed by atoms with E-state index in [0.717, 1.165) is 4.88 Å². The molecule has 3 aromatic rings. The second-order valence-electron chi connectivity index (χ2n) is 3.89. The van der Waals surface area contributed by atoms with E-state index in [9.17, 15) is 4.79 Å². The van der Waals surface area contributed by atoms with Crippen LogP contribution in [0.1, 0.15) is 4.88 Å². The highest BCUT2D eigenvalue weighted by Gasteiger charge is 2.10. The summed E-state index contributed by atoms with van der Waals surface area (Å²) in [5, 5.41) is 0. The van der Waals surface area contributed by atoms with Crippen LogP contribution in [0.2, 0.25) is 4.34 Å². The maximum absolute atomic E-state index is 11.8. The van der Waals surface area contributed by atoms with Crippen LogP contribution in [0, 0.1) is 0 Å². The van der Waals surface area contributed by atoms with E-state index >= 15 is 0 Å². The van der Waals surface area contributed by atoms with Crippen LogP contribution in [0.3, 0.4) is 0 Å². The van der Waals surface area contributed by atoms with Crippen LogP contribution < -0.4 is 11.5 Å².